The van der Waals surface area contributed by atoms with Crippen LogP contribution in [-0.4, -0.2) is 31.2 Å². The number of hydrogen-bond donors (Lipinski definition) is 1. The molecule has 16 heavy (non-hydrogen) atoms. The molecule has 2 aromatic rings. The van der Waals surface area contributed by atoms with Crippen LogP contribution in [-0.2, 0) is 0 Å². The summed E-state index contributed by atoms with van der Waals surface area (Å²) in [5.41, 5.74) is 1.12. The van der Waals surface area contributed by atoms with E-state index in [0.29, 0.717) is 6.04 Å². The minimum absolute atomic E-state index is 0.618. The molecule has 4 heteroatoms. The van der Waals surface area contributed by atoms with Crippen LogP contribution in [0.5, 0.6) is 0 Å². The van der Waals surface area contributed by atoms with Gasteiger partial charge in [-0.15, -0.1) is 0 Å². The molecule has 84 valence electrons. The number of para-hydroxylation sites is 1. The van der Waals surface area contributed by atoms with Crippen molar-refractivity contribution < 1.29 is 0 Å². The normalized spacial score (nSPS) is 20.8. The Labute approximate surface area is 99.1 Å². The fourth-order valence-corrected chi connectivity index (χ4v) is 3.17. The van der Waals surface area contributed by atoms with Crippen molar-refractivity contribution in [3.05, 3.63) is 24.3 Å². The van der Waals surface area contributed by atoms with E-state index in [2.05, 4.69) is 33.4 Å². The van der Waals surface area contributed by atoms with Crippen LogP contribution in [0.15, 0.2) is 24.3 Å². The van der Waals surface area contributed by atoms with Crippen LogP contribution < -0.4 is 10.2 Å². The minimum atomic E-state index is 0.618. The summed E-state index contributed by atoms with van der Waals surface area (Å²) in [5, 5.41) is 4.50. The number of anilines is 1. The Morgan fingerprint density at radius 3 is 3.06 bits per heavy atom. The fraction of sp³-hybridized carbons (Fsp3) is 0.417. The molecule has 1 N–H and O–H groups in total. The van der Waals surface area contributed by atoms with Gasteiger partial charge in [-0.25, -0.2) is 4.98 Å². The van der Waals surface area contributed by atoms with Gasteiger partial charge < -0.3 is 10.2 Å². The molecule has 1 atom stereocenters. The van der Waals surface area contributed by atoms with Crippen molar-refractivity contribution in [1.29, 1.82) is 0 Å². The lowest BCUT2D eigenvalue weighted by atomic mass is 10.3. The third-order valence-corrected chi connectivity index (χ3v) is 4.25. The smallest absolute Gasteiger partial charge is 0.186 e. The molecule has 2 heterocycles. The minimum Gasteiger partial charge on any atom is -0.346 e. The van der Waals surface area contributed by atoms with Crippen LogP contribution >= 0.6 is 11.3 Å². The molecule has 0 radical (unpaired) electrons. The second-order valence-electron chi connectivity index (χ2n) is 4.18. The van der Waals surface area contributed by atoms with Crippen molar-refractivity contribution in [1.82, 2.24) is 10.3 Å². The molecule has 0 aliphatic carbocycles. The highest BCUT2D eigenvalue weighted by molar-refractivity contribution is 7.22. The SMILES string of the molecule is CNC1CCN(c2nc3ccccc3s2)C1. The van der Waals surface area contributed by atoms with Crippen molar-refractivity contribution in [3.8, 4) is 0 Å². The van der Waals surface area contributed by atoms with Crippen molar-refractivity contribution in [2.24, 2.45) is 0 Å². The molecule has 1 aliphatic rings. The summed E-state index contributed by atoms with van der Waals surface area (Å²) in [7, 11) is 2.03. The maximum absolute atomic E-state index is 4.68. The molecular weight excluding hydrogens is 218 g/mol. The summed E-state index contributed by atoms with van der Waals surface area (Å²) in [6.45, 7) is 2.20. The summed E-state index contributed by atoms with van der Waals surface area (Å²) in [4.78, 5) is 7.06. The van der Waals surface area contributed by atoms with Crippen LogP contribution in [0.3, 0.4) is 0 Å². The number of nitrogens with one attached hydrogen (secondary N) is 1. The average molecular weight is 233 g/mol. The molecule has 3 nitrogen and oxygen atoms in total. The zero-order chi connectivity index (χ0) is 11.0. The molecular formula is C12H15N3S. The van der Waals surface area contributed by atoms with Gasteiger partial charge in [-0.3, -0.25) is 0 Å². The summed E-state index contributed by atoms with van der Waals surface area (Å²) < 4.78 is 1.28. The predicted octanol–water partition coefficient (Wildman–Crippen LogP) is 2.09. The van der Waals surface area contributed by atoms with Crippen molar-refractivity contribution in [3.63, 3.8) is 0 Å². The van der Waals surface area contributed by atoms with E-state index in [9.17, 15) is 0 Å². The van der Waals surface area contributed by atoms with Crippen LogP contribution in [0.2, 0.25) is 0 Å². The van der Waals surface area contributed by atoms with Gasteiger partial charge in [0.1, 0.15) is 0 Å². The zero-order valence-electron chi connectivity index (χ0n) is 9.31. The highest BCUT2D eigenvalue weighted by atomic mass is 32.1. The highest BCUT2D eigenvalue weighted by Gasteiger charge is 2.23. The second-order valence-corrected chi connectivity index (χ2v) is 5.19. The quantitative estimate of drug-likeness (QED) is 0.861. The van der Waals surface area contributed by atoms with Gasteiger partial charge in [-0.1, -0.05) is 23.5 Å². The van der Waals surface area contributed by atoms with Gasteiger partial charge in [0.25, 0.3) is 0 Å². The number of likely N-dealkylation sites (N-methyl/N-ethyl adjacent to an activating group) is 1. The van der Waals surface area contributed by atoms with E-state index in [1.807, 2.05) is 13.1 Å². The molecule has 1 aliphatic heterocycles. The van der Waals surface area contributed by atoms with Gasteiger partial charge in [0, 0.05) is 19.1 Å². The van der Waals surface area contributed by atoms with Crippen molar-refractivity contribution in [2.45, 2.75) is 12.5 Å². The number of rotatable bonds is 2. The van der Waals surface area contributed by atoms with Crippen molar-refractivity contribution >= 4 is 26.7 Å². The number of nitrogens with zero attached hydrogens (tertiary/aromatic N) is 2. The van der Waals surface area contributed by atoms with Crippen LogP contribution in [0.4, 0.5) is 5.13 Å². The Morgan fingerprint density at radius 2 is 2.31 bits per heavy atom. The van der Waals surface area contributed by atoms with Crippen LogP contribution in [0.25, 0.3) is 10.2 Å². The summed E-state index contributed by atoms with van der Waals surface area (Å²) >= 11 is 1.79. The van der Waals surface area contributed by atoms with E-state index in [0.717, 1.165) is 18.6 Å². The molecule has 0 amide bonds. The first kappa shape index (κ1) is 10.1. The predicted molar refractivity (Wildman–Crippen MR) is 69.3 cm³/mol. The number of fused-ring (bicyclic) bond motifs is 1. The number of aromatic nitrogens is 1. The van der Waals surface area contributed by atoms with E-state index in [1.165, 1.54) is 16.3 Å². The van der Waals surface area contributed by atoms with Gasteiger partial charge in [-0.05, 0) is 25.6 Å². The molecule has 1 aromatic heterocycles. The number of thiazole rings is 1. The molecule has 1 unspecified atom stereocenters. The van der Waals surface area contributed by atoms with Crippen LogP contribution in [0, 0.1) is 0 Å². The van der Waals surface area contributed by atoms with E-state index in [1.54, 1.807) is 11.3 Å². The zero-order valence-corrected chi connectivity index (χ0v) is 10.1. The van der Waals surface area contributed by atoms with Gasteiger partial charge in [-0.2, -0.15) is 0 Å². The molecule has 0 bridgehead atoms. The molecule has 1 aromatic carbocycles. The highest BCUT2D eigenvalue weighted by Crippen LogP contribution is 2.30. The molecule has 1 fully saturated rings. The van der Waals surface area contributed by atoms with Gasteiger partial charge in [0.05, 0.1) is 10.2 Å². The Balaban J connectivity index is 1.89. The number of benzene rings is 1. The van der Waals surface area contributed by atoms with Crippen molar-refractivity contribution in [2.75, 3.05) is 25.0 Å². The standard InChI is InChI=1S/C12H15N3S/c1-13-9-6-7-15(8-9)12-14-10-4-2-3-5-11(10)16-12/h2-5,9,13H,6-8H2,1H3. The molecule has 1 saturated heterocycles. The summed E-state index contributed by atoms with van der Waals surface area (Å²) in [6.07, 6.45) is 1.21. The lowest BCUT2D eigenvalue weighted by molar-refractivity contribution is 0.617. The van der Waals surface area contributed by atoms with Gasteiger partial charge >= 0.3 is 0 Å². The van der Waals surface area contributed by atoms with E-state index >= 15 is 0 Å². The first-order valence-electron chi connectivity index (χ1n) is 5.64. The fourth-order valence-electron chi connectivity index (χ4n) is 2.16. The summed E-state index contributed by atoms with van der Waals surface area (Å²) in [6, 6.07) is 8.96. The van der Waals surface area contributed by atoms with Crippen LogP contribution in [0.1, 0.15) is 6.42 Å². The Morgan fingerprint density at radius 1 is 1.44 bits per heavy atom. The van der Waals surface area contributed by atoms with Gasteiger partial charge in [0.15, 0.2) is 5.13 Å². The largest absolute Gasteiger partial charge is 0.346 e. The Hall–Kier alpha value is -1.13. The first-order chi connectivity index (χ1) is 7.86. The molecule has 3 rings (SSSR count). The maximum atomic E-state index is 4.68. The molecule has 0 saturated carbocycles. The van der Waals surface area contributed by atoms with Gasteiger partial charge in [0.2, 0.25) is 0 Å². The Kier molecular flexibility index (Phi) is 2.53. The van der Waals surface area contributed by atoms with E-state index in [-0.39, 0.29) is 0 Å². The second kappa shape index (κ2) is 4.03. The lowest BCUT2D eigenvalue weighted by Gasteiger charge is -2.14. The first-order valence-corrected chi connectivity index (χ1v) is 6.46. The summed E-state index contributed by atoms with van der Waals surface area (Å²) in [5.74, 6) is 0. The van der Waals surface area contributed by atoms with E-state index in [4.69, 9.17) is 0 Å². The monoisotopic (exact) mass is 233 g/mol. The maximum Gasteiger partial charge on any atom is 0.186 e. The molecule has 0 spiro atoms. The topological polar surface area (TPSA) is 28.2 Å². The third kappa shape index (κ3) is 1.68. The lowest BCUT2D eigenvalue weighted by Crippen LogP contribution is -2.29. The average Bonchev–Trinajstić information content (AvgIpc) is 2.95. The third-order valence-electron chi connectivity index (χ3n) is 3.15. The Bertz CT molecular complexity index is 461. The van der Waals surface area contributed by atoms with E-state index < -0.39 is 0 Å². The number of hydrogen-bond acceptors (Lipinski definition) is 4.